The van der Waals surface area contributed by atoms with Gasteiger partial charge in [-0.25, -0.2) is 0 Å². The highest BCUT2D eigenvalue weighted by Gasteiger charge is 2.33. The molecule has 2 nitrogen and oxygen atoms in total. The van der Waals surface area contributed by atoms with E-state index in [2.05, 4.69) is 41.4 Å². The van der Waals surface area contributed by atoms with Crippen molar-refractivity contribution >= 4 is 34.6 Å². The van der Waals surface area contributed by atoms with Crippen molar-refractivity contribution in [3.8, 4) is 0 Å². The van der Waals surface area contributed by atoms with Crippen LogP contribution in [0.4, 0.5) is 5.69 Å². The molecule has 1 atom stereocenters. The summed E-state index contributed by atoms with van der Waals surface area (Å²) in [6, 6.07) is 16.9. The summed E-state index contributed by atoms with van der Waals surface area (Å²) in [5.74, 6) is 0.745. The van der Waals surface area contributed by atoms with Crippen LogP contribution in [-0.4, -0.2) is 16.1 Å². The van der Waals surface area contributed by atoms with Crippen LogP contribution in [-0.2, 0) is 6.54 Å². The van der Waals surface area contributed by atoms with Gasteiger partial charge < -0.3 is 10.2 Å². The third-order valence-corrected chi connectivity index (χ3v) is 5.42. The molecule has 2 aromatic carbocycles. The van der Waals surface area contributed by atoms with Crippen LogP contribution in [0.3, 0.4) is 0 Å². The topological polar surface area (TPSA) is 15.3 Å². The van der Waals surface area contributed by atoms with E-state index in [-0.39, 0.29) is 0 Å². The average Bonchev–Trinajstić information content (AvgIpc) is 3.41. The van der Waals surface area contributed by atoms with Crippen molar-refractivity contribution in [3.63, 3.8) is 0 Å². The lowest BCUT2D eigenvalue weighted by Crippen LogP contribution is -2.41. The molecule has 3 rings (SSSR count). The third-order valence-electron chi connectivity index (χ3n) is 4.68. The molecule has 1 aliphatic carbocycles. The van der Waals surface area contributed by atoms with Crippen LogP contribution in [0.5, 0.6) is 0 Å². The monoisotopic (exact) mass is 358 g/mol. The van der Waals surface area contributed by atoms with Crippen molar-refractivity contribution < 1.29 is 0 Å². The first-order chi connectivity index (χ1) is 11.5. The first-order valence-electron chi connectivity index (χ1n) is 8.42. The van der Waals surface area contributed by atoms with Crippen molar-refractivity contribution in [2.24, 2.45) is 5.92 Å². The Labute approximate surface area is 154 Å². The van der Waals surface area contributed by atoms with E-state index in [1.807, 2.05) is 31.2 Å². The number of hydrogen-bond acceptors (Lipinski definition) is 1. The number of anilines is 1. The summed E-state index contributed by atoms with van der Waals surface area (Å²) in [5, 5.41) is 4.89. The van der Waals surface area contributed by atoms with Crippen molar-refractivity contribution in [1.82, 2.24) is 4.90 Å². The molecule has 0 radical (unpaired) electrons. The maximum absolute atomic E-state index is 6.23. The second kappa shape index (κ2) is 7.54. The van der Waals surface area contributed by atoms with Gasteiger partial charge >= 0.3 is 0 Å². The van der Waals surface area contributed by atoms with Crippen LogP contribution in [0.25, 0.3) is 0 Å². The zero-order valence-corrected chi connectivity index (χ0v) is 15.7. The minimum Gasteiger partial charge on any atom is -0.342 e. The Balaban J connectivity index is 1.76. The second-order valence-corrected chi connectivity index (χ2v) is 7.38. The van der Waals surface area contributed by atoms with Gasteiger partial charge in [-0.15, -0.1) is 0 Å². The molecule has 1 fully saturated rings. The summed E-state index contributed by atoms with van der Waals surface area (Å²) in [5.41, 5.74) is 3.29. The van der Waals surface area contributed by atoms with E-state index in [1.165, 1.54) is 18.4 Å². The fourth-order valence-corrected chi connectivity index (χ4v) is 3.41. The number of nitrogens with zero attached hydrogens (tertiary/aromatic N) is 1. The van der Waals surface area contributed by atoms with Crippen molar-refractivity contribution in [3.05, 3.63) is 64.7 Å². The quantitative estimate of drug-likeness (QED) is 0.695. The molecule has 0 unspecified atom stereocenters. The van der Waals surface area contributed by atoms with Crippen molar-refractivity contribution in [1.29, 1.82) is 0 Å². The predicted molar refractivity (Wildman–Crippen MR) is 107 cm³/mol. The van der Waals surface area contributed by atoms with Crippen LogP contribution in [0.2, 0.25) is 5.02 Å². The van der Waals surface area contributed by atoms with Gasteiger partial charge in [-0.05, 0) is 68.1 Å². The van der Waals surface area contributed by atoms with Crippen LogP contribution < -0.4 is 5.32 Å². The van der Waals surface area contributed by atoms with Gasteiger partial charge in [-0.1, -0.05) is 48.0 Å². The number of benzene rings is 2. The largest absolute Gasteiger partial charge is 0.342 e. The Bertz CT molecular complexity index is 713. The molecule has 1 saturated carbocycles. The SMILES string of the molecule is Cc1ccc(NC(=S)N(Cc2ccccc2)[C@@H](C)C2CC2)cc1Cl. The lowest BCUT2D eigenvalue weighted by atomic mass is 10.1. The normalized spacial score (nSPS) is 15.0. The summed E-state index contributed by atoms with van der Waals surface area (Å²) in [4.78, 5) is 2.30. The zero-order chi connectivity index (χ0) is 17.1. The number of hydrogen-bond donors (Lipinski definition) is 1. The Morgan fingerprint density at radius 1 is 1.25 bits per heavy atom. The van der Waals surface area contributed by atoms with Crippen LogP contribution in [0, 0.1) is 12.8 Å². The van der Waals surface area contributed by atoms with Gasteiger partial charge in [0.2, 0.25) is 0 Å². The summed E-state index contributed by atoms with van der Waals surface area (Å²) < 4.78 is 0. The molecule has 1 N–H and O–H groups in total. The molecule has 0 aromatic heterocycles. The lowest BCUT2D eigenvalue weighted by molar-refractivity contribution is 0.298. The van der Waals surface area contributed by atoms with Crippen molar-refractivity contribution in [2.75, 3.05) is 5.32 Å². The van der Waals surface area contributed by atoms with E-state index in [9.17, 15) is 0 Å². The summed E-state index contributed by atoms with van der Waals surface area (Å²) in [6.45, 7) is 5.10. The summed E-state index contributed by atoms with van der Waals surface area (Å²) in [7, 11) is 0. The number of rotatable bonds is 5. The summed E-state index contributed by atoms with van der Waals surface area (Å²) in [6.07, 6.45) is 2.59. The molecule has 24 heavy (non-hydrogen) atoms. The highest BCUT2D eigenvalue weighted by Crippen LogP contribution is 2.36. The fourth-order valence-electron chi connectivity index (χ4n) is 2.88. The first kappa shape index (κ1) is 17.2. The molecule has 1 aliphatic rings. The van der Waals surface area contributed by atoms with Crippen LogP contribution in [0.1, 0.15) is 30.9 Å². The lowest BCUT2D eigenvalue weighted by Gasteiger charge is -2.32. The Morgan fingerprint density at radius 3 is 2.58 bits per heavy atom. The molecule has 2 aromatic rings. The molecule has 0 amide bonds. The molecular formula is C20H23ClN2S. The van der Waals surface area contributed by atoms with E-state index < -0.39 is 0 Å². The number of halogens is 1. The predicted octanol–water partition coefficient (Wildman–Crippen LogP) is 5.65. The highest BCUT2D eigenvalue weighted by atomic mass is 35.5. The van der Waals surface area contributed by atoms with Gasteiger partial charge in [0.15, 0.2) is 5.11 Å². The molecule has 0 saturated heterocycles. The number of thiocarbonyl (C=S) groups is 1. The van der Waals surface area contributed by atoms with E-state index in [0.717, 1.165) is 33.8 Å². The molecular weight excluding hydrogens is 336 g/mol. The standard InChI is InChI=1S/C20H23ClN2S/c1-14-8-11-18(12-19(14)21)22-20(24)23(15(2)17-9-10-17)13-16-6-4-3-5-7-16/h3-8,11-12,15,17H,9-10,13H2,1-2H3,(H,22,24)/t15-/m0/s1. The van der Waals surface area contributed by atoms with Gasteiger partial charge in [0.05, 0.1) is 0 Å². The van der Waals surface area contributed by atoms with Crippen LogP contribution >= 0.6 is 23.8 Å². The number of nitrogens with one attached hydrogen (secondary N) is 1. The van der Waals surface area contributed by atoms with E-state index >= 15 is 0 Å². The zero-order valence-electron chi connectivity index (χ0n) is 14.1. The maximum Gasteiger partial charge on any atom is 0.173 e. The van der Waals surface area contributed by atoms with Crippen LogP contribution in [0.15, 0.2) is 48.5 Å². The summed E-state index contributed by atoms with van der Waals surface area (Å²) >= 11 is 12.0. The van der Waals surface area contributed by atoms with E-state index in [1.54, 1.807) is 0 Å². The number of aryl methyl sites for hydroxylation is 1. The Kier molecular flexibility index (Phi) is 5.42. The smallest absolute Gasteiger partial charge is 0.173 e. The molecule has 4 heteroatoms. The Hall–Kier alpha value is -1.58. The van der Waals surface area contributed by atoms with Gasteiger partial charge in [0.1, 0.15) is 0 Å². The molecule has 0 aliphatic heterocycles. The maximum atomic E-state index is 6.23. The minimum atomic E-state index is 0.436. The molecule has 0 spiro atoms. The third kappa shape index (κ3) is 4.28. The molecule has 0 heterocycles. The van der Waals surface area contributed by atoms with Gasteiger partial charge in [-0.3, -0.25) is 0 Å². The minimum absolute atomic E-state index is 0.436. The van der Waals surface area contributed by atoms with Gasteiger partial charge in [0.25, 0.3) is 0 Å². The molecule has 126 valence electrons. The van der Waals surface area contributed by atoms with E-state index in [4.69, 9.17) is 23.8 Å². The van der Waals surface area contributed by atoms with Gasteiger partial charge in [-0.2, -0.15) is 0 Å². The first-order valence-corrected chi connectivity index (χ1v) is 9.21. The highest BCUT2D eigenvalue weighted by molar-refractivity contribution is 7.80. The van der Waals surface area contributed by atoms with E-state index in [0.29, 0.717) is 6.04 Å². The fraction of sp³-hybridized carbons (Fsp3) is 0.350. The Morgan fingerprint density at radius 2 is 1.96 bits per heavy atom. The average molecular weight is 359 g/mol. The van der Waals surface area contributed by atoms with Gasteiger partial charge in [0, 0.05) is 23.3 Å². The second-order valence-electron chi connectivity index (χ2n) is 6.59. The molecule has 0 bridgehead atoms. The van der Waals surface area contributed by atoms with Crippen molar-refractivity contribution in [2.45, 2.75) is 39.3 Å².